The molecule has 1 saturated carbocycles. The molecule has 2 N–H and O–H groups in total. The lowest BCUT2D eigenvalue weighted by molar-refractivity contribution is -0.175. The zero-order valence-electron chi connectivity index (χ0n) is 18.8. The quantitative estimate of drug-likeness (QED) is 0.473. The Hall–Kier alpha value is -3.88. The largest absolute Gasteiger partial charge is 0.411 e. The molecular weight excluding hydrogens is 488 g/mol. The van der Waals surface area contributed by atoms with Gasteiger partial charge in [0.15, 0.2) is 0 Å². The molecule has 2 aliphatic rings. The number of halogens is 4. The lowest BCUT2D eigenvalue weighted by Crippen LogP contribution is -2.35. The van der Waals surface area contributed by atoms with Crippen molar-refractivity contribution in [2.24, 2.45) is 11.8 Å². The number of para-hydroxylation sites is 1. The molecule has 15 heteroatoms. The maximum absolute atomic E-state index is 15.0. The van der Waals surface area contributed by atoms with Gasteiger partial charge in [0, 0.05) is 31.1 Å². The Morgan fingerprint density at radius 3 is 2.64 bits per heavy atom. The molecule has 1 saturated heterocycles. The summed E-state index contributed by atoms with van der Waals surface area (Å²) < 4.78 is 61.3. The van der Waals surface area contributed by atoms with E-state index in [1.165, 1.54) is 4.90 Å². The molecule has 3 atom stereocenters. The second kappa shape index (κ2) is 8.65. The van der Waals surface area contributed by atoms with Crippen LogP contribution in [0.4, 0.5) is 35.1 Å². The molecule has 1 aliphatic carbocycles. The van der Waals surface area contributed by atoms with Crippen LogP contribution >= 0.6 is 0 Å². The number of carbonyl (C=O) groups excluding carboxylic acids is 1. The number of fused-ring (bicyclic) bond motifs is 1. The van der Waals surface area contributed by atoms with E-state index in [0.29, 0.717) is 0 Å². The van der Waals surface area contributed by atoms with Gasteiger partial charge in [-0.3, -0.25) is 4.79 Å². The van der Waals surface area contributed by atoms with Gasteiger partial charge in [0.25, 0.3) is 0 Å². The lowest BCUT2D eigenvalue weighted by Gasteiger charge is -2.19. The van der Waals surface area contributed by atoms with E-state index in [-0.39, 0.29) is 43.2 Å². The van der Waals surface area contributed by atoms with Crippen LogP contribution < -0.4 is 10.6 Å². The predicted molar refractivity (Wildman–Crippen MR) is 116 cm³/mol. The zero-order valence-corrected chi connectivity index (χ0v) is 18.8. The molecule has 0 spiro atoms. The van der Waals surface area contributed by atoms with E-state index in [2.05, 4.69) is 29.8 Å². The SMILES string of the molecule is CN(c1ccccc1)c1nc(N)nc(-c2noc(C(=O)N3C[C@H]4[C@H](COCC(F)(F)F)[C@@]4(F)C3)n2)n1. The van der Waals surface area contributed by atoms with E-state index >= 15 is 4.39 Å². The Kier molecular flexibility index (Phi) is 5.73. The van der Waals surface area contributed by atoms with E-state index in [1.807, 2.05) is 30.3 Å². The van der Waals surface area contributed by atoms with Crippen molar-refractivity contribution in [1.29, 1.82) is 0 Å². The van der Waals surface area contributed by atoms with Crippen molar-refractivity contribution in [3.05, 3.63) is 36.2 Å². The number of amides is 1. The molecular formula is C21H20F4N8O3. The van der Waals surface area contributed by atoms with Gasteiger partial charge in [-0.05, 0) is 12.1 Å². The molecule has 11 nitrogen and oxygen atoms in total. The lowest BCUT2D eigenvalue weighted by atomic mass is 10.2. The molecule has 0 radical (unpaired) electrons. The fourth-order valence-corrected chi connectivity index (χ4v) is 4.32. The maximum Gasteiger partial charge on any atom is 0.411 e. The second-order valence-corrected chi connectivity index (χ2v) is 8.59. The van der Waals surface area contributed by atoms with E-state index in [4.69, 9.17) is 10.3 Å². The number of carbonyl (C=O) groups is 1. The van der Waals surface area contributed by atoms with Crippen molar-refractivity contribution in [3.63, 3.8) is 0 Å². The number of ether oxygens (including phenoxy) is 1. The minimum absolute atomic E-state index is 0.00217. The van der Waals surface area contributed by atoms with Crippen LogP contribution in [0.1, 0.15) is 10.7 Å². The number of benzene rings is 1. The normalized spacial score (nSPS) is 23.0. The first-order valence-corrected chi connectivity index (χ1v) is 10.8. The summed E-state index contributed by atoms with van der Waals surface area (Å²) in [4.78, 5) is 32.1. The number of hydrogen-bond acceptors (Lipinski definition) is 10. The third-order valence-electron chi connectivity index (χ3n) is 6.20. The molecule has 3 aromatic rings. The highest BCUT2D eigenvalue weighted by Crippen LogP contribution is 2.58. The number of nitrogens with two attached hydrogens (primary N) is 1. The number of rotatable bonds is 7. The van der Waals surface area contributed by atoms with E-state index < -0.39 is 42.1 Å². The summed E-state index contributed by atoms with van der Waals surface area (Å²) in [5.41, 5.74) is 4.80. The van der Waals surface area contributed by atoms with Crippen LogP contribution in [-0.2, 0) is 4.74 Å². The average Bonchev–Trinajstić information content (AvgIpc) is 3.21. The summed E-state index contributed by atoms with van der Waals surface area (Å²) in [5.74, 6) is -2.48. The topological polar surface area (TPSA) is 136 Å². The van der Waals surface area contributed by atoms with E-state index in [1.54, 1.807) is 11.9 Å². The van der Waals surface area contributed by atoms with Gasteiger partial charge in [-0.2, -0.15) is 33.1 Å². The van der Waals surface area contributed by atoms with Crippen LogP contribution in [0.15, 0.2) is 34.9 Å². The van der Waals surface area contributed by atoms with Gasteiger partial charge in [0.05, 0.1) is 13.2 Å². The number of nitrogen functional groups attached to an aromatic ring is 1. The van der Waals surface area contributed by atoms with Gasteiger partial charge in [-0.25, -0.2) is 4.39 Å². The minimum atomic E-state index is -4.48. The molecule has 0 unspecified atom stereocenters. The van der Waals surface area contributed by atoms with Crippen LogP contribution in [0.3, 0.4) is 0 Å². The molecule has 1 aromatic carbocycles. The van der Waals surface area contributed by atoms with Gasteiger partial charge in [0.1, 0.15) is 12.3 Å². The Morgan fingerprint density at radius 1 is 1.22 bits per heavy atom. The van der Waals surface area contributed by atoms with Gasteiger partial charge in [-0.15, -0.1) is 0 Å². The summed E-state index contributed by atoms with van der Waals surface area (Å²) in [6, 6.07) is 9.23. The molecule has 36 heavy (non-hydrogen) atoms. The summed E-state index contributed by atoms with van der Waals surface area (Å²) in [7, 11) is 1.73. The number of piperidine rings is 1. The van der Waals surface area contributed by atoms with Gasteiger partial charge < -0.3 is 24.8 Å². The van der Waals surface area contributed by atoms with E-state index in [9.17, 15) is 18.0 Å². The number of likely N-dealkylation sites (tertiary alicyclic amines) is 1. The Morgan fingerprint density at radius 2 is 1.97 bits per heavy atom. The zero-order chi connectivity index (χ0) is 25.7. The van der Waals surface area contributed by atoms with Crippen LogP contribution in [-0.4, -0.2) is 81.1 Å². The Balaban J connectivity index is 1.25. The highest BCUT2D eigenvalue weighted by Gasteiger charge is 2.71. The van der Waals surface area contributed by atoms with Gasteiger partial charge >= 0.3 is 18.0 Å². The molecule has 2 aromatic heterocycles. The fourth-order valence-electron chi connectivity index (χ4n) is 4.32. The van der Waals surface area contributed by atoms with Crippen LogP contribution in [0.25, 0.3) is 11.6 Å². The first kappa shape index (κ1) is 23.8. The van der Waals surface area contributed by atoms with Crippen molar-refractivity contribution >= 4 is 23.5 Å². The third-order valence-corrected chi connectivity index (χ3v) is 6.20. The van der Waals surface area contributed by atoms with Crippen LogP contribution in [0.2, 0.25) is 0 Å². The summed E-state index contributed by atoms with van der Waals surface area (Å²) in [5, 5.41) is 3.74. The first-order chi connectivity index (χ1) is 17.0. The number of anilines is 3. The molecule has 1 aliphatic heterocycles. The van der Waals surface area contributed by atoms with Gasteiger partial charge in [0.2, 0.25) is 23.5 Å². The standard InChI is InChI=1S/C21H20F4N8O3/c1-32(11-5-3-2-4-6-11)19-29-14(28-18(26)30-19)15-27-16(36-31-15)17(34)33-7-12-13(20(12,22)9-33)8-35-10-21(23,24)25/h2-6,12-13H,7-10H2,1H3,(H2,26,28,29,30)/t12-,13-,20+/m0/s1. The number of nitrogens with zero attached hydrogens (tertiary/aromatic N) is 7. The third kappa shape index (κ3) is 4.53. The predicted octanol–water partition coefficient (Wildman–Crippen LogP) is 2.26. The van der Waals surface area contributed by atoms with Crippen molar-refractivity contribution in [1.82, 2.24) is 30.0 Å². The maximum atomic E-state index is 15.0. The minimum Gasteiger partial charge on any atom is -0.372 e. The fraction of sp³-hybridized carbons (Fsp3) is 0.429. The molecule has 3 heterocycles. The summed E-state index contributed by atoms with van der Waals surface area (Å²) in [6.07, 6.45) is -4.48. The molecule has 5 rings (SSSR count). The first-order valence-electron chi connectivity index (χ1n) is 10.8. The molecule has 1 amide bonds. The van der Waals surface area contributed by atoms with Gasteiger partial charge in [-0.1, -0.05) is 23.4 Å². The summed E-state index contributed by atoms with van der Waals surface area (Å²) in [6.45, 7) is -2.12. The van der Waals surface area contributed by atoms with Crippen LogP contribution in [0.5, 0.6) is 0 Å². The number of hydrogen-bond donors (Lipinski definition) is 1. The smallest absolute Gasteiger partial charge is 0.372 e. The van der Waals surface area contributed by atoms with Crippen LogP contribution in [0, 0.1) is 11.8 Å². The average molecular weight is 508 g/mol. The monoisotopic (exact) mass is 508 g/mol. The highest BCUT2D eigenvalue weighted by molar-refractivity contribution is 5.90. The second-order valence-electron chi connectivity index (χ2n) is 8.59. The highest BCUT2D eigenvalue weighted by atomic mass is 19.4. The molecule has 190 valence electrons. The summed E-state index contributed by atoms with van der Waals surface area (Å²) >= 11 is 0. The van der Waals surface area contributed by atoms with Crippen molar-refractivity contribution in [3.8, 4) is 11.6 Å². The molecule has 0 bridgehead atoms. The number of aromatic nitrogens is 5. The Bertz CT molecular complexity index is 1270. The Labute approximate surface area is 201 Å². The van der Waals surface area contributed by atoms with Crippen molar-refractivity contribution in [2.45, 2.75) is 11.8 Å². The number of alkyl halides is 4. The van der Waals surface area contributed by atoms with Crippen molar-refractivity contribution in [2.75, 3.05) is 44.0 Å². The van der Waals surface area contributed by atoms with Crippen molar-refractivity contribution < 1.29 is 31.6 Å². The molecule has 2 fully saturated rings. The van der Waals surface area contributed by atoms with E-state index in [0.717, 1.165) is 5.69 Å².